The third kappa shape index (κ3) is 8.86. The number of hydrogen-bond acceptors (Lipinski definition) is 3. The Labute approximate surface area is 107 Å². The minimum atomic E-state index is -1.60. The quantitative estimate of drug-likeness (QED) is 0.284. The summed E-state index contributed by atoms with van der Waals surface area (Å²) in [6.45, 7) is 8.66. The number of rotatable bonds is 8. The molecule has 0 aromatic carbocycles. The first-order valence-corrected chi connectivity index (χ1v) is 9.52. The summed E-state index contributed by atoms with van der Waals surface area (Å²) in [6, 6.07) is 0. The highest BCUT2D eigenvalue weighted by Crippen LogP contribution is 2.15. The third-order valence-electron chi connectivity index (χ3n) is 1.99. The monoisotopic (exact) mass is 258 g/mol. The summed E-state index contributed by atoms with van der Waals surface area (Å²) in [5.41, 5.74) is 0. The molecule has 0 aromatic rings. The van der Waals surface area contributed by atoms with E-state index in [0.29, 0.717) is 5.95 Å². The van der Waals surface area contributed by atoms with Gasteiger partial charge in [-0.15, -0.1) is 0 Å². The molecule has 0 saturated heterocycles. The molecule has 0 rings (SSSR count). The van der Waals surface area contributed by atoms with Gasteiger partial charge in [0.15, 0.2) is 0 Å². The van der Waals surface area contributed by atoms with Gasteiger partial charge in [0.05, 0.1) is 20.3 Å². The molecule has 17 heavy (non-hydrogen) atoms. The lowest BCUT2D eigenvalue weighted by Gasteiger charge is -2.20. The molecule has 3 nitrogen and oxygen atoms in total. The van der Waals surface area contributed by atoms with Gasteiger partial charge < -0.3 is 13.9 Å². The van der Waals surface area contributed by atoms with Crippen molar-refractivity contribution < 1.29 is 13.9 Å². The van der Waals surface area contributed by atoms with Crippen LogP contribution in [0.1, 0.15) is 26.2 Å². The van der Waals surface area contributed by atoms with E-state index in [9.17, 15) is 0 Å². The largest absolute Gasteiger partial charge is 0.544 e. The maximum Gasteiger partial charge on any atom is 0.282 e. The van der Waals surface area contributed by atoms with Gasteiger partial charge in [-0.25, -0.2) is 0 Å². The molecule has 0 heterocycles. The molecular formula is C13H26O3Si. The van der Waals surface area contributed by atoms with E-state index in [4.69, 9.17) is 13.9 Å². The minimum absolute atomic E-state index is 0.478. The second-order valence-electron chi connectivity index (χ2n) is 4.83. The molecule has 0 aliphatic heterocycles. The minimum Gasteiger partial charge on any atom is -0.544 e. The van der Waals surface area contributed by atoms with E-state index < -0.39 is 8.32 Å². The Morgan fingerprint density at radius 2 is 1.71 bits per heavy atom. The Hall–Kier alpha value is -0.903. The average Bonchev–Trinajstić information content (AvgIpc) is 2.23. The highest BCUT2D eigenvalue weighted by Gasteiger charge is 2.17. The van der Waals surface area contributed by atoms with Crippen LogP contribution in [0.15, 0.2) is 23.9 Å². The Morgan fingerprint density at radius 1 is 1.12 bits per heavy atom. The maximum absolute atomic E-state index is 5.98. The number of unbranched alkanes of at least 4 members (excludes halogenated alkanes) is 2. The van der Waals surface area contributed by atoms with Crippen molar-refractivity contribution in [2.45, 2.75) is 45.8 Å². The Morgan fingerprint density at radius 3 is 2.12 bits per heavy atom. The van der Waals surface area contributed by atoms with Gasteiger partial charge in [-0.2, -0.15) is 0 Å². The molecule has 0 fully saturated rings. The van der Waals surface area contributed by atoms with Crippen molar-refractivity contribution in [2.24, 2.45) is 0 Å². The molecule has 0 bridgehead atoms. The van der Waals surface area contributed by atoms with Gasteiger partial charge in [0.25, 0.3) is 5.95 Å². The lowest BCUT2D eigenvalue weighted by atomic mass is 10.2. The third-order valence-corrected chi connectivity index (χ3v) is 2.84. The number of methoxy groups -OCH3 is 2. The molecule has 0 spiro atoms. The van der Waals surface area contributed by atoms with E-state index in [0.717, 1.165) is 12.2 Å². The molecule has 0 aromatic heterocycles. The summed E-state index contributed by atoms with van der Waals surface area (Å²) in [5.74, 6) is 1.34. The van der Waals surface area contributed by atoms with Gasteiger partial charge in [-0.1, -0.05) is 13.3 Å². The highest BCUT2D eigenvalue weighted by atomic mass is 28.4. The smallest absolute Gasteiger partial charge is 0.282 e. The van der Waals surface area contributed by atoms with Crippen LogP contribution in [-0.4, -0.2) is 22.5 Å². The first-order valence-electron chi connectivity index (χ1n) is 6.11. The van der Waals surface area contributed by atoms with Gasteiger partial charge >= 0.3 is 0 Å². The van der Waals surface area contributed by atoms with Crippen molar-refractivity contribution in [3.8, 4) is 0 Å². The molecule has 0 saturated carbocycles. The highest BCUT2D eigenvalue weighted by molar-refractivity contribution is 6.70. The van der Waals surface area contributed by atoms with E-state index >= 15 is 0 Å². The SMILES string of the molecule is CCCC/C=C(/C=C(OC)OC)O[Si](C)(C)C. The van der Waals surface area contributed by atoms with E-state index in [1.807, 2.05) is 6.08 Å². The van der Waals surface area contributed by atoms with E-state index in [-0.39, 0.29) is 0 Å². The maximum atomic E-state index is 5.98. The summed E-state index contributed by atoms with van der Waals surface area (Å²) in [6.07, 6.45) is 7.30. The summed E-state index contributed by atoms with van der Waals surface area (Å²) >= 11 is 0. The fourth-order valence-electron chi connectivity index (χ4n) is 1.25. The Balaban J connectivity index is 4.72. The lowest BCUT2D eigenvalue weighted by molar-refractivity contribution is 0.0940. The van der Waals surface area contributed by atoms with Crippen molar-refractivity contribution in [3.63, 3.8) is 0 Å². The van der Waals surface area contributed by atoms with Gasteiger partial charge in [-0.3, -0.25) is 0 Å². The van der Waals surface area contributed by atoms with Crippen molar-refractivity contribution >= 4 is 8.32 Å². The topological polar surface area (TPSA) is 27.7 Å². The number of allylic oxidation sites excluding steroid dienone is 2. The average molecular weight is 258 g/mol. The fourth-order valence-corrected chi connectivity index (χ4v) is 2.10. The Kier molecular flexibility index (Phi) is 7.79. The van der Waals surface area contributed by atoms with Crippen LogP contribution in [0, 0.1) is 0 Å². The Bertz CT molecular complexity index is 258. The molecule has 4 heteroatoms. The number of ether oxygens (including phenoxy) is 2. The van der Waals surface area contributed by atoms with Crippen LogP contribution < -0.4 is 0 Å². The molecule has 0 aliphatic rings. The van der Waals surface area contributed by atoms with E-state index in [1.54, 1.807) is 14.2 Å². The summed E-state index contributed by atoms with van der Waals surface area (Å²) in [4.78, 5) is 0. The molecule has 100 valence electrons. The van der Waals surface area contributed by atoms with Crippen LogP contribution >= 0.6 is 0 Å². The zero-order chi connectivity index (χ0) is 13.3. The zero-order valence-electron chi connectivity index (χ0n) is 12.0. The second-order valence-corrected chi connectivity index (χ2v) is 9.26. The lowest BCUT2D eigenvalue weighted by Crippen LogP contribution is -2.24. The second kappa shape index (κ2) is 8.23. The summed E-state index contributed by atoms with van der Waals surface area (Å²) in [7, 11) is 1.58. The summed E-state index contributed by atoms with van der Waals surface area (Å²) < 4.78 is 16.2. The molecule has 0 radical (unpaired) electrons. The molecule has 0 aliphatic carbocycles. The predicted molar refractivity (Wildman–Crippen MR) is 74.1 cm³/mol. The van der Waals surface area contributed by atoms with Crippen LogP contribution in [0.3, 0.4) is 0 Å². The summed E-state index contributed by atoms with van der Waals surface area (Å²) in [5, 5.41) is 0. The van der Waals surface area contributed by atoms with Crippen molar-refractivity contribution in [2.75, 3.05) is 14.2 Å². The van der Waals surface area contributed by atoms with Crippen molar-refractivity contribution in [1.82, 2.24) is 0 Å². The fraction of sp³-hybridized carbons (Fsp3) is 0.692. The number of hydrogen-bond donors (Lipinski definition) is 0. The first-order chi connectivity index (χ1) is 7.92. The van der Waals surface area contributed by atoms with Crippen molar-refractivity contribution in [3.05, 3.63) is 23.9 Å². The van der Waals surface area contributed by atoms with Crippen LogP contribution in [0.2, 0.25) is 19.6 Å². The van der Waals surface area contributed by atoms with Gasteiger partial charge in [0, 0.05) is 0 Å². The van der Waals surface area contributed by atoms with Gasteiger partial charge in [-0.05, 0) is 38.6 Å². The van der Waals surface area contributed by atoms with Crippen LogP contribution in [-0.2, 0) is 13.9 Å². The zero-order valence-corrected chi connectivity index (χ0v) is 13.0. The molecule has 0 amide bonds. The standard InChI is InChI=1S/C13H26O3Si/c1-7-8-9-10-12(16-17(4,5)6)11-13(14-2)15-3/h10-11H,7-9H2,1-6H3/b12-10-. The normalized spacial score (nSPS) is 12.0. The van der Waals surface area contributed by atoms with Crippen LogP contribution in [0.25, 0.3) is 0 Å². The van der Waals surface area contributed by atoms with Gasteiger partial charge in [0.2, 0.25) is 8.32 Å². The first kappa shape index (κ1) is 16.1. The van der Waals surface area contributed by atoms with Crippen LogP contribution in [0.5, 0.6) is 0 Å². The van der Waals surface area contributed by atoms with Crippen molar-refractivity contribution in [1.29, 1.82) is 0 Å². The molecule has 0 N–H and O–H groups in total. The van der Waals surface area contributed by atoms with E-state index in [2.05, 4.69) is 32.6 Å². The van der Waals surface area contributed by atoms with Crippen LogP contribution in [0.4, 0.5) is 0 Å². The van der Waals surface area contributed by atoms with E-state index in [1.165, 1.54) is 12.8 Å². The molecule has 0 atom stereocenters. The molecular weight excluding hydrogens is 232 g/mol. The molecule has 0 unspecified atom stereocenters. The van der Waals surface area contributed by atoms with Gasteiger partial charge in [0.1, 0.15) is 5.76 Å². The predicted octanol–water partition coefficient (Wildman–Crippen LogP) is 4.05.